The standard InChI is InChI=1S/C56H31BrN6O.Zn/c57-43-30-38-28-40(32-58)41(33-59)29-39(38)31-52(43)64-42-18-16-37(17-19-42)56-50-26-24-48(62-50)54(35-12-6-2-7-13-35)46-22-20-44(60-46)53(34-10-4-1-5-11-34)45-21-23-47(61-45)55(36-14-8-3-9-15-36)49-25-27-51(56)63-49;/h1-31H;/q-2;+2. The Kier molecular flexibility index (Phi) is 11.0. The first kappa shape index (κ1) is 41.1. The minimum Gasteiger partial charge on any atom is -0.657 e. The number of halogens is 1. The molecule has 0 radical (unpaired) electrons. The van der Waals surface area contributed by atoms with Crippen molar-refractivity contribution in [2.24, 2.45) is 0 Å². The number of rotatable bonds is 6. The molecule has 2 aliphatic heterocycles. The summed E-state index contributed by atoms with van der Waals surface area (Å²) in [5.41, 5.74) is 14.5. The molecule has 65 heavy (non-hydrogen) atoms. The SMILES string of the molecule is N#Cc1cc2cc(Br)c(Oc3ccc(-c4c5nc(c(-c6ccccc6)c6ccc([n-]6)c(-c6ccccc6)c6nc(c(-c7ccccc7)c7ccc4[n-]7)C=C6)C=C5)cc3)cc2cc1C#N.[Zn+2]. The topological polar surface area (TPSA) is 111 Å². The van der Waals surface area contributed by atoms with Gasteiger partial charge < -0.3 is 14.7 Å². The van der Waals surface area contributed by atoms with Crippen LogP contribution < -0.4 is 14.7 Å². The van der Waals surface area contributed by atoms with Crippen LogP contribution in [0.2, 0.25) is 0 Å². The number of fused-ring (bicyclic) bond motifs is 9. The van der Waals surface area contributed by atoms with E-state index in [0.717, 1.165) is 105 Å². The number of benzene rings is 6. The molecule has 9 heteroatoms. The molecule has 8 bridgehead atoms. The van der Waals surface area contributed by atoms with E-state index in [2.05, 4.69) is 113 Å². The van der Waals surface area contributed by atoms with E-state index < -0.39 is 0 Å². The van der Waals surface area contributed by atoms with Crippen LogP contribution in [-0.4, -0.2) is 9.97 Å². The quantitative estimate of drug-likeness (QED) is 0.153. The van der Waals surface area contributed by atoms with Crippen LogP contribution in [0.3, 0.4) is 0 Å². The first-order valence-corrected chi connectivity index (χ1v) is 21.4. The zero-order chi connectivity index (χ0) is 43.1. The van der Waals surface area contributed by atoms with Gasteiger partial charge in [-0.05, 0) is 132 Å². The average molecular weight is 949 g/mol. The van der Waals surface area contributed by atoms with Gasteiger partial charge >= 0.3 is 19.5 Å². The van der Waals surface area contributed by atoms with Gasteiger partial charge in [-0.15, -0.1) is 22.1 Å². The molecular formula is C56H31BrN6OZn. The van der Waals surface area contributed by atoms with E-state index in [1.54, 1.807) is 12.1 Å². The van der Waals surface area contributed by atoms with Crippen molar-refractivity contribution in [3.63, 3.8) is 0 Å². The molecule has 0 spiro atoms. The van der Waals surface area contributed by atoms with Crippen LogP contribution in [0.1, 0.15) is 33.9 Å². The molecule has 6 aromatic carbocycles. The maximum atomic E-state index is 9.65. The molecule has 0 unspecified atom stereocenters. The predicted molar refractivity (Wildman–Crippen MR) is 260 cm³/mol. The Morgan fingerprint density at radius 1 is 0.431 bits per heavy atom. The Morgan fingerprint density at radius 2 is 0.785 bits per heavy atom. The van der Waals surface area contributed by atoms with E-state index in [1.165, 1.54) is 0 Å². The normalized spacial score (nSPS) is 11.5. The van der Waals surface area contributed by atoms with Crippen molar-refractivity contribution in [1.29, 1.82) is 10.5 Å². The number of aromatic nitrogens is 4. The fraction of sp³-hybridized carbons (Fsp3) is 0. The predicted octanol–water partition coefficient (Wildman–Crippen LogP) is 14.0. The van der Waals surface area contributed by atoms with Crippen molar-refractivity contribution in [2.45, 2.75) is 0 Å². The van der Waals surface area contributed by atoms with E-state index in [9.17, 15) is 10.5 Å². The molecule has 0 aliphatic carbocycles. The molecule has 9 aromatic rings. The molecule has 0 fully saturated rings. The van der Waals surface area contributed by atoms with Crippen LogP contribution in [0.25, 0.3) is 102 Å². The van der Waals surface area contributed by atoms with Crippen molar-refractivity contribution in [3.8, 4) is 68.1 Å². The third-order valence-corrected chi connectivity index (χ3v) is 12.1. The van der Waals surface area contributed by atoms with Crippen molar-refractivity contribution in [3.05, 3.63) is 202 Å². The second kappa shape index (κ2) is 17.3. The van der Waals surface area contributed by atoms with Gasteiger partial charge in [0.2, 0.25) is 0 Å². The van der Waals surface area contributed by atoms with Gasteiger partial charge in [-0.25, -0.2) is 9.97 Å². The first-order valence-electron chi connectivity index (χ1n) is 20.6. The largest absolute Gasteiger partial charge is 2.00 e. The summed E-state index contributed by atoms with van der Waals surface area (Å²) < 4.78 is 7.15. The van der Waals surface area contributed by atoms with Gasteiger partial charge in [0.05, 0.1) is 38.4 Å². The molecule has 7 nitrogen and oxygen atoms in total. The second-order valence-corrected chi connectivity index (χ2v) is 16.2. The molecule has 3 aromatic heterocycles. The zero-order valence-electron chi connectivity index (χ0n) is 34.6. The second-order valence-electron chi connectivity index (χ2n) is 15.3. The molecule has 5 heterocycles. The van der Waals surface area contributed by atoms with Crippen LogP contribution in [0, 0.1) is 22.7 Å². The monoisotopic (exact) mass is 946 g/mol. The fourth-order valence-corrected chi connectivity index (χ4v) is 8.91. The third kappa shape index (κ3) is 7.68. The first-order chi connectivity index (χ1) is 31.5. The number of hydrogen-bond acceptors (Lipinski definition) is 5. The fourth-order valence-electron chi connectivity index (χ4n) is 8.47. The molecule has 0 saturated heterocycles. The van der Waals surface area contributed by atoms with Crippen LogP contribution in [0.5, 0.6) is 11.5 Å². The van der Waals surface area contributed by atoms with E-state index in [1.807, 2.05) is 91.0 Å². The molecule has 11 rings (SSSR count). The van der Waals surface area contributed by atoms with E-state index in [4.69, 9.17) is 24.7 Å². The van der Waals surface area contributed by atoms with Gasteiger partial charge in [0.25, 0.3) is 0 Å². The zero-order valence-corrected chi connectivity index (χ0v) is 39.1. The van der Waals surface area contributed by atoms with Gasteiger partial charge in [0.15, 0.2) is 0 Å². The molecule has 0 atom stereocenters. The van der Waals surface area contributed by atoms with Gasteiger partial charge in [-0.2, -0.15) is 10.5 Å². The smallest absolute Gasteiger partial charge is 0.657 e. The van der Waals surface area contributed by atoms with Crippen LogP contribution in [0.15, 0.2) is 168 Å². The van der Waals surface area contributed by atoms with Crippen molar-refractivity contribution in [2.75, 3.05) is 0 Å². The van der Waals surface area contributed by atoms with Crippen LogP contribution in [0.4, 0.5) is 0 Å². The number of hydrogen-bond donors (Lipinski definition) is 0. The molecule has 300 valence electrons. The Hall–Kier alpha value is -7.94. The Morgan fingerprint density at radius 3 is 1.15 bits per heavy atom. The van der Waals surface area contributed by atoms with E-state index in [-0.39, 0.29) is 19.5 Å². The summed E-state index contributed by atoms with van der Waals surface area (Å²) in [6, 6.07) is 58.5. The van der Waals surface area contributed by atoms with Crippen LogP contribution in [-0.2, 0) is 19.5 Å². The van der Waals surface area contributed by atoms with Gasteiger partial charge in [-0.3, -0.25) is 0 Å². The summed E-state index contributed by atoms with van der Waals surface area (Å²) in [5, 5.41) is 20.8. The Labute approximate surface area is 395 Å². The minimum atomic E-state index is 0. The summed E-state index contributed by atoms with van der Waals surface area (Å²) in [6.07, 6.45) is 8.27. The Bertz CT molecular complexity index is 3620. The average Bonchev–Trinajstić information content (AvgIpc) is 4.19. The van der Waals surface area contributed by atoms with Crippen LogP contribution >= 0.6 is 15.9 Å². The number of nitriles is 2. The molecule has 0 N–H and O–H groups in total. The maximum absolute atomic E-state index is 9.65. The summed E-state index contributed by atoms with van der Waals surface area (Å²) in [7, 11) is 0. The van der Waals surface area contributed by atoms with E-state index in [0.29, 0.717) is 22.6 Å². The molecule has 0 saturated carbocycles. The maximum Gasteiger partial charge on any atom is 2.00 e. The van der Waals surface area contributed by atoms with Crippen molar-refractivity contribution < 1.29 is 24.2 Å². The molecular weight excluding hydrogens is 918 g/mol. The summed E-state index contributed by atoms with van der Waals surface area (Å²) >= 11 is 3.66. The van der Waals surface area contributed by atoms with Crippen molar-refractivity contribution in [1.82, 2.24) is 19.9 Å². The number of nitrogens with zero attached hydrogens (tertiary/aromatic N) is 6. The summed E-state index contributed by atoms with van der Waals surface area (Å²) in [4.78, 5) is 21.5. The molecule has 2 aliphatic rings. The third-order valence-electron chi connectivity index (χ3n) is 11.4. The summed E-state index contributed by atoms with van der Waals surface area (Å²) in [6.45, 7) is 0. The minimum absolute atomic E-state index is 0. The van der Waals surface area contributed by atoms with Gasteiger partial charge in [0.1, 0.15) is 23.6 Å². The van der Waals surface area contributed by atoms with E-state index >= 15 is 0 Å². The Balaban J connectivity index is 0.00000498. The van der Waals surface area contributed by atoms with Crippen molar-refractivity contribution >= 4 is 73.1 Å². The summed E-state index contributed by atoms with van der Waals surface area (Å²) in [5.74, 6) is 1.19. The number of ether oxygens (including phenoxy) is 1. The van der Waals surface area contributed by atoms with Gasteiger partial charge in [0, 0.05) is 0 Å². The van der Waals surface area contributed by atoms with Gasteiger partial charge in [-0.1, -0.05) is 127 Å². The molecule has 0 amide bonds.